The van der Waals surface area contributed by atoms with Crippen molar-refractivity contribution < 1.29 is 12.8 Å². The van der Waals surface area contributed by atoms with Crippen LogP contribution in [0.3, 0.4) is 0 Å². The van der Waals surface area contributed by atoms with Crippen LogP contribution in [0.1, 0.15) is 11.4 Å². The molecule has 1 heterocycles. The van der Waals surface area contributed by atoms with Gasteiger partial charge in [-0.1, -0.05) is 18.3 Å². The molecule has 0 aliphatic heterocycles. The molecule has 0 fully saturated rings. The van der Waals surface area contributed by atoms with Crippen LogP contribution in [0.4, 0.5) is 9.52 Å². The number of nitrogens with zero attached hydrogens (tertiary/aromatic N) is 2. The molecule has 0 amide bonds. The number of benzene rings is 1. The summed E-state index contributed by atoms with van der Waals surface area (Å²) in [6, 6.07) is 3.56. The van der Waals surface area contributed by atoms with Gasteiger partial charge >= 0.3 is 0 Å². The highest BCUT2D eigenvalue weighted by Gasteiger charge is 2.23. The van der Waals surface area contributed by atoms with Crippen molar-refractivity contribution in [3.63, 3.8) is 0 Å². The lowest BCUT2D eigenvalue weighted by Crippen LogP contribution is -2.21. The summed E-state index contributed by atoms with van der Waals surface area (Å²) in [4.78, 5) is 3.21. The van der Waals surface area contributed by atoms with Gasteiger partial charge in [0.1, 0.15) is 21.5 Å². The number of hydrogen-bond donors (Lipinski definition) is 2. The Balaban J connectivity index is 2.50. The van der Waals surface area contributed by atoms with Crippen molar-refractivity contribution in [2.75, 3.05) is 4.72 Å². The summed E-state index contributed by atoms with van der Waals surface area (Å²) >= 11 is 5.58. The van der Waals surface area contributed by atoms with E-state index in [1.54, 1.807) is 6.92 Å². The fourth-order valence-electron chi connectivity index (χ4n) is 1.48. The van der Waals surface area contributed by atoms with Gasteiger partial charge in [0.25, 0.3) is 10.0 Å². The van der Waals surface area contributed by atoms with Crippen molar-refractivity contribution in [3.8, 4) is 0 Å². The Morgan fingerprint density at radius 2 is 2.20 bits per heavy atom. The smallest absolute Gasteiger partial charge is 0.264 e. The molecule has 2 aromatic rings. The molecule has 0 aliphatic rings. The zero-order valence-electron chi connectivity index (χ0n) is 10.1. The summed E-state index contributed by atoms with van der Waals surface area (Å²) in [6.07, 6.45) is 0. The van der Waals surface area contributed by atoms with Gasteiger partial charge in [-0.2, -0.15) is 4.37 Å². The van der Waals surface area contributed by atoms with Crippen molar-refractivity contribution in [1.29, 1.82) is 0 Å². The molecule has 0 bridgehead atoms. The van der Waals surface area contributed by atoms with Crippen LogP contribution in [0.5, 0.6) is 0 Å². The second-order valence-corrected chi connectivity index (χ2v) is 6.57. The molecular formula is C10H9FN4O2S3. The van der Waals surface area contributed by atoms with E-state index < -0.39 is 15.8 Å². The minimum atomic E-state index is -4.05. The Bertz CT molecular complexity index is 773. The first-order valence-electron chi connectivity index (χ1n) is 5.22. The highest BCUT2D eigenvalue weighted by atomic mass is 32.2. The zero-order valence-corrected chi connectivity index (χ0v) is 12.6. The lowest BCUT2D eigenvalue weighted by atomic mass is 10.2. The van der Waals surface area contributed by atoms with Crippen molar-refractivity contribution in [3.05, 3.63) is 35.4 Å². The molecular weight excluding hydrogens is 323 g/mol. The van der Waals surface area contributed by atoms with Crippen LogP contribution < -0.4 is 10.5 Å². The van der Waals surface area contributed by atoms with Gasteiger partial charge < -0.3 is 5.73 Å². The Labute approximate surface area is 124 Å². The molecule has 1 aromatic heterocycles. The van der Waals surface area contributed by atoms with Gasteiger partial charge in [0.05, 0.1) is 5.56 Å². The molecule has 106 valence electrons. The van der Waals surface area contributed by atoms with E-state index >= 15 is 0 Å². The fraction of sp³-hybridized carbons (Fsp3) is 0.100. The average molecular weight is 332 g/mol. The maximum atomic E-state index is 13.7. The van der Waals surface area contributed by atoms with Crippen molar-refractivity contribution in [2.24, 2.45) is 5.73 Å². The number of aromatic nitrogens is 2. The van der Waals surface area contributed by atoms with E-state index in [1.165, 1.54) is 12.1 Å². The predicted octanol–water partition coefficient (Wildman–Crippen LogP) is 1.42. The van der Waals surface area contributed by atoms with Gasteiger partial charge in [-0.05, 0) is 19.1 Å². The largest absolute Gasteiger partial charge is 0.389 e. The summed E-state index contributed by atoms with van der Waals surface area (Å²) in [5.74, 6) is -0.365. The van der Waals surface area contributed by atoms with Gasteiger partial charge in [0.2, 0.25) is 5.13 Å². The Hall–Kier alpha value is -1.65. The Morgan fingerprint density at radius 1 is 1.50 bits per heavy atom. The molecule has 0 radical (unpaired) electrons. The number of anilines is 1. The van der Waals surface area contributed by atoms with Crippen molar-refractivity contribution in [2.45, 2.75) is 11.8 Å². The molecule has 0 atom stereocenters. The van der Waals surface area contributed by atoms with Crippen LogP contribution >= 0.6 is 23.8 Å². The molecule has 10 heteroatoms. The van der Waals surface area contributed by atoms with Crippen LogP contribution in [0.15, 0.2) is 23.1 Å². The maximum Gasteiger partial charge on any atom is 0.264 e. The molecule has 20 heavy (non-hydrogen) atoms. The minimum Gasteiger partial charge on any atom is -0.389 e. The average Bonchev–Trinajstić information content (AvgIpc) is 2.73. The van der Waals surface area contributed by atoms with E-state index in [4.69, 9.17) is 18.0 Å². The third-order valence-electron chi connectivity index (χ3n) is 2.26. The van der Waals surface area contributed by atoms with Gasteiger partial charge in [0, 0.05) is 11.5 Å². The number of nitrogens with two attached hydrogens (primary N) is 1. The van der Waals surface area contributed by atoms with Crippen molar-refractivity contribution >= 4 is 43.9 Å². The van der Waals surface area contributed by atoms with E-state index in [9.17, 15) is 12.8 Å². The SMILES string of the molecule is Cc1nsc(NS(=O)(=O)c2cccc(F)c2C(N)=S)n1. The number of hydrogen-bond acceptors (Lipinski definition) is 6. The first-order valence-corrected chi connectivity index (χ1v) is 7.89. The standard InChI is InChI=1S/C10H9FN4O2S3/c1-5-13-10(19-14-5)15-20(16,17)7-4-2-3-6(11)8(7)9(12)18/h2-4H,1H3,(H2,12,18)(H,13,14,15). The highest BCUT2D eigenvalue weighted by Crippen LogP contribution is 2.22. The van der Waals surface area contributed by atoms with Crippen molar-refractivity contribution in [1.82, 2.24) is 9.36 Å². The first-order chi connectivity index (χ1) is 9.31. The summed E-state index contributed by atoms with van der Waals surface area (Å²) < 4.78 is 44.2. The molecule has 1 aromatic carbocycles. The van der Waals surface area contributed by atoms with Crippen LogP contribution in [0.2, 0.25) is 0 Å². The highest BCUT2D eigenvalue weighted by molar-refractivity contribution is 7.93. The third kappa shape index (κ3) is 2.92. The van der Waals surface area contributed by atoms with Gasteiger partial charge in [0.15, 0.2) is 0 Å². The van der Waals surface area contributed by atoms with E-state index in [2.05, 4.69) is 14.1 Å². The van der Waals surface area contributed by atoms with Crippen LogP contribution in [-0.4, -0.2) is 22.8 Å². The maximum absolute atomic E-state index is 13.7. The number of nitrogens with one attached hydrogen (secondary N) is 1. The van der Waals surface area contributed by atoms with Gasteiger partial charge in [-0.3, -0.25) is 4.72 Å². The number of sulfonamides is 1. The topological polar surface area (TPSA) is 98.0 Å². The van der Waals surface area contributed by atoms with E-state index in [0.29, 0.717) is 5.82 Å². The summed E-state index contributed by atoms with van der Waals surface area (Å²) in [6.45, 7) is 1.62. The second kappa shape index (κ2) is 5.38. The zero-order chi connectivity index (χ0) is 14.9. The van der Waals surface area contributed by atoms with E-state index in [-0.39, 0.29) is 20.6 Å². The number of aryl methyl sites for hydroxylation is 1. The van der Waals surface area contributed by atoms with Gasteiger partial charge in [-0.15, -0.1) is 0 Å². The molecule has 0 spiro atoms. The van der Waals surface area contributed by atoms with Crippen LogP contribution in [-0.2, 0) is 10.0 Å². The first kappa shape index (κ1) is 14.8. The summed E-state index contributed by atoms with van der Waals surface area (Å²) in [5, 5.41) is 0.0839. The molecule has 6 nitrogen and oxygen atoms in total. The molecule has 0 saturated heterocycles. The molecule has 0 unspecified atom stereocenters. The summed E-state index contributed by atoms with van der Waals surface area (Å²) in [7, 11) is -4.05. The number of thiocarbonyl (C=S) groups is 1. The lowest BCUT2D eigenvalue weighted by molar-refractivity contribution is 0.594. The molecule has 0 aliphatic carbocycles. The quantitative estimate of drug-likeness (QED) is 0.822. The monoisotopic (exact) mass is 332 g/mol. The minimum absolute atomic E-state index is 0.0839. The number of halogens is 1. The van der Waals surface area contributed by atoms with Gasteiger partial charge in [-0.25, -0.2) is 17.8 Å². The van der Waals surface area contributed by atoms with E-state index in [1.807, 2.05) is 0 Å². The normalized spacial score (nSPS) is 11.3. The Kier molecular flexibility index (Phi) is 3.97. The fourth-order valence-corrected chi connectivity index (χ4v) is 3.78. The second-order valence-electron chi connectivity index (χ2n) is 3.73. The number of rotatable bonds is 4. The lowest BCUT2D eigenvalue weighted by Gasteiger charge is -2.10. The molecule has 0 saturated carbocycles. The summed E-state index contributed by atoms with van der Waals surface area (Å²) in [5.41, 5.74) is 5.06. The predicted molar refractivity (Wildman–Crippen MR) is 77.7 cm³/mol. The third-order valence-corrected chi connectivity index (χ3v) is 4.70. The van der Waals surface area contributed by atoms with Crippen LogP contribution in [0.25, 0.3) is 0 Å². The molecule has 2 rings (SSSR count). The van der Waals surface area contributed by atoms with E-state index in [0.717, 1.165) is 17.6 Å². The molecule has 3 N–H and O–H groups in total. The Morgan fingerprint density at radius 3 is 2.75 bits per heavy atom. The van der Waals surface area contributed by atoms with Crippen LogP contribution in [0, 0.1) is 12.7 Å².